The quantitative estimate of drug-likeness (QED) is 0.759. The molecule has 2 rings (SSSR count). The maximum atomic E-state index is 11.9. The van der Waals surface area contributed by atoms with E-state index in [1.54, 1.807) is 4.68 Å². The lowest BCUT2D eigenvalue weighted by Crippen LogP contribution is -2.22. The highest BCUT2D eigenvalue weighted by molar-refractivity contribution is 5.78. The molecule has 0 saturated heterocycles. The summed E-state index contributed by atoms with van der Waals surface area (Å²) in [6.45, 7) is 2.82. The van der Waals surface area contributed by atoms with Crippen molar-refractivity contribution in [2.24, 2.45) is 7.05 Å². The summed E-state index contributed by atoms with van der Waals surface area (Å²) >= 11 is 0. The van der Waals surface area contributed by atoms with Crippen LogP contribution in [0.1, 0.15) is 6.92 Å². The minimum absolute atomic E-state index is 0.00144. The molecule has 4 nitrogen and oxygen atoms in total. The van der Waals surface area contributed by atoms with E-state index in [0.717, 1.165) is 10.9 Å². The second kappa shape index (κ2) is 3.90. The molecule has 0 aliphatic heterocycles. The smallest absolute Gasteiger partial charge is 0.276 e. The van der Waals surface area contributed by atoms with Gasteiger partial charge in [-0.25, -0.2) is 4.68 Å². The number of nitrogens with zero attached hydrogens (tertiary/aromatic N) is 2. The topological polar surface area (TPSA) is 36.2 Å². The number of aromatic nitrogens is 2. The molecule has 0 N–H and O–H groups in total. The van der Waals surface area contributed by atoms with Crippen LogP contribution in [0.4, 0.5) is 0 Å². The number of aryl methyl sites for hydroxylation is 1. The Kier molecular flexibility index (Phi) is 2.60. The first-order chi connectivity index (χ1) is 7.25. The van der Waals surface area contributed by atoms with Gasteiger partial charge < -0.3 is 4.74 Å². The SMILES string of the molecule is CCOCn1c(=O)c2ccccc2n1C. The fourth-order valence-corrected chi connectivity index (χ4v) is 1.66. The molecule has 0 bridgehead atoms. The van der Waals surface area contributed by atoms with Gasteiger partial charge in [-0.15, -0.1) is 0 Å². The average molecular weight is 206 g/mol. The predicted molar refractivity (Wildman–Crippen MR) is 58.8 cm³/mol. The van der Waals surface area contributed by atoms with Crippen molar-refractivity contribution in [3.8, 4) is 0 Å². The van der Waals surface area contributed by atoms with Gasteiger partial charge in [0.25, 0.3) is 5.56 Å². The van der Waals surface area contributed by atoms with E-state index in [0.29, 0.717) is 13.3 Å². The molecule has 0 spiro atoms. The van der Waals surface area contributed by atoms with Crippen molar-refractivity contribution in [3.05, 3.63) is 34.6 Å². The van der Waals surface area contributed by atoms with Gasteiger partial charge in [0, 0.05) is 13.7 Å². The predicted octanol–water partition coefficient (Wildman–Crippen LogP) is 1.33. The number of para-hydroxylation sites is 1. The van der Waals surface area contributed by atoms with E-state index >= 15 is 0 Å². The van der Waals surface area contributed by atoms with Crippen LogP contribution in [0.15, 0.2) is 29.1 Å². The molecule has 1 heterocycles. The maximum absolute atomic E-state index is 11.9. The minimum Gasteiger partial charge on any atom is -0.359 e. The fourth-order valence-electron chi connectivity index (χ4n) is 1.66. The Morgan fingerprint density at radius 2 is 2.07 bits per heavy atom. The van der Waals surface area contributed by atoms with Crippen LogP contribution in [0.25, 0.3) is 10.9 Å². The summed E-state index contributed by atoms with van der Waals surface area (Å²) < 4.78 is 8.67. The lowest BCUT2D eigenvalue weighted by atomic mass is 10.2. The molecule has 0 saturated carbocycles. The molecular formula is C11H14N2O2. The molecule has 0 amide bonds. The van der Waals surface area contributed by atoms with Gasteiger partial charge >= 0.3 is 0 Å². The normalized spacial score (nSPS) is 11.1. The number of ether oxygens (including phenoxy) is 1. The zero-order valence-corrected chi connectivity index (χ0v) is 8.93. The van der Waals surface area contributed by atoms with Crippen LogP contribution in [0.5, 0.6) is 0 Å². The number of fused-ring (bicyclic) bond motifs is 1. The third-order valence-corrected chi connectivity index (χ3v) is 2.50. The van der Waals surface area contributed by atoms with Crippen LogP contribution >= 0.6 is 0 Å². The Morgan fingerprint density at radius 1 is 1.33 bits per heavy atom. The summed E-state index contributed by atoms with van der Waals surface area (Å²) in [7, 11) is 1.86. The van der Waals surface area contributed by atoms with Crippen LogP contribution in [0, 0.1) is 0 Å². The molecule has 0 radical (unpaired) electrons. The van der Waals surface area contributed by atoms with Crippen LogP contribution in [0.3, 0.4) is 0 Å². The number of benzene rings is 1. The maximum Gasteiger partial charge on any atom is 0.276 e. The highest BCUT2D eigenvalue weighted by Crippen LogP contribution is 2.08. The van der Waals surface area contributed by atoms with E-state index in [4.69, 9.17) is 4.74 Å². The highest BCUT2D eigenvalue weighted by Gasteiger charge is 2.08. The molecule has 1 aromatic heterocycles. The lowest BCUT2D eigenvalue weighted by molar-refractivity contribution is 0.0699. The van der Waals surface area contributed by atoms with E-state index in [1.807, 2.05) is 42.9 Å². The molecule has 1 aromatic carbocycles. The number of hydrogen-bond acceptors (Lipinski definition) is 2. The molecule has 0 aliphatic carbocycles. The highest BCUT2D eigenvalue weighted by atomic mass is 16.5. The van der Waals surface area contributed by atoms with Crippen LogP contribution in [-0.4, -0.2) is 16.0 Å². The average Bonchev–Trinajstić information content (AvgIpc) is 2.51. The Bertz CT molecular complexity index is 525. The van der Waals surface area contributed by atoms with Gasteiger partial charge in [-0.3, -0.25) is 9.48 Å². The van der Waals surface area contributed by atoms with Gasteiger partial charge in [0.1, 0.15) is 6.73 Å². The van der Waals surface area contributed by atoms with Crippen molar-refractivity contribution >= 4 is 10.9 Å². The van der Waals surface area contributed by atoms with Crippen molar-refractivity contribution in [2.45, 2.75) is 13.7 Å². The standard InChI is InChI=1S/C11H14N2O2/c1-3-15-8-13-11(14)9-6-4-5-7-10(9)12(13)2/h4-7H,3,8H2,1-2H3. The number of hydrogen-bond donors (Lipinski definition) is 0. The zero-order valence-electron chi connectivity index (χ0n) is 8.93. The fraction of sp³-hybridized carbons (Fsp3) is 0.364. The largest absolute Gasteiger partial charge is 0.359 e. The third-order valence-electron chi connectivity index (χ3n) is 2.50. The van der Waals surface area contributed by atoms with Crippen LogP contribution in [0.2, 0.25) is 0 Å². The van der Waals surface area contributed by atoms with Gasteiger partial charge in [0.2, 0.25) is 0 Å². The van der Waals surface area contributed by atoms with Gasteiger partial charge in [-0.05, 0) is 19.1 Å². The third kappa shape index (κ3) is 1.57. The van der Waals surface area contributed by atoms with Gasteiger partial charge in [-0.1, -0.05) is 12.1 Å². The molecule has 80 valence electrons. The van der Waals surface area contributed by atoms with E-state index in [2.05, 4.69) is 0 Å². The van der Waals surface area contributed by atoms with Crippen LogP contribution in [-0.2, 0) is 18.5 Å². The molecule has 0 unspecified atom stereocenters. The van der Waals surface area contributed by atoms with Gasteiger partial charge in [0.05, 0.1) is 10.9 Å². The summed E-state index contributed by atoms with van der Waals surface area (Å²) in [4.78, 5) is 11.9. The molecule has 15 heavy (non-hydrogen) atoms. The minimum atomic E-state index is 0.00144. The van der Waals surface area contributed by atoms with E-state index in [9.17, 15) is 4.79 Å². The summed E-state index contributed by atoms with van der Waals surface area (Å²) in [6.07, 6.45) is 0. The van der Waals surface area contributed by atoms with Crippen molar-refractivity contribution in [2.75, 3.05) is 6.61 Å². The second-order valence-corrected chi connectivity index (χ2v) is 3.37. The van der Waals surface area contributed by atoms with Gasteiger partial charge in [0.15, 0.2) is 0 Å². The lowest BCUT2D eigenvalue weighted by Gasteiger charge is -2.06. The van der Waals surface area contributed by atoms with Crippen molar-refractivity contribution in [1.29, 1.82) is 0 Å². The summed E-state index contributed by atoms with van der Waals surface area (Å²) in [5.74, 6) is 0. The first kappa shape index (κ1) is 9.98. The van der Waals surface area contributed by atoms with Crippen molar-refractivity contribution < 1.29 is 4.74 Å². The second-order valence-electron chi connectivity index (χ2n) is 3.37. The summed E-state index contributed by atoms with van der Waals surface area (Å²) in [5.41, 5.74) is 0.934. The van der Waals surface area contributed by atoms with Crippen LogP contribution < -0.4 is 5.56 Å². The summed E-state index contributed by atoms with van der Waals surface area (Å²) in [5, 5.41) is 0.736. The zero-order chi connectivity index (χ0) is 10.8. The molecule has 4 heteroatoms. The Hall–Kier alpha value is -1.55. The molecule has 0 fully saturated rings. The Labute approximate surface area is 87.7 Å². The monoisotopic (exact) mass is 206 g/mol. The van der Waals surface area contributed by atoms with Crippen molar-refractivity contribution in [3.63, 3.8) is 0 Å². The molecule has 0 atom stereocenters. The first-order valence-corrected chi connectivity index (χ1v) is 4.98. The molecule has 2 aromatic rings. The molecular weight excluding hydrogens is 192 g/mol. The van der Waals surface area contributed by atoms with Gasteiger partial charge in [-0.2, -0.15) is 0 Å². The van der Waals surface area contributed by atoms with E-state index < -0.39 is 0 Å². The first-order valence-electron chi connectivity index (χ1n) is 4.98. The summed E-state index contributed by atoms with van der Waals surface area (Å²) in [6, 6.07) is 7.56. The number of rotatable bonds is 3. The Balaban J connectivity index is 2.60. The van der Waals surface area contributed by atoms with Crippen molar-refractivity contribution in [1.82, 2.24) is 9.36 Å². The Morgan fingerprint density at radius 3 is 2.73 bits per heavy atom. The molecule has 0 aliphatic rings. The van der Waals surface area contributed by atoms with E-state index in [1.165, 1.54) is 0 Å². The van der Waals surface area contributed by atoms with E-state index in [-0.39, 0.29) is 5.56 Å².